The molecule has 104 valence electrons. The Balaban J connectivity index is 2.86. The number of carboxylic acids is 1. The second kappa shape index (κ2) is 6.87. The molecule has 1 amide bonds. The van der Waals surface area contributed by atoms with Crippen LogP contribution in [0.5, 0.6) is 0 Å². The maximum absolute atomic E-state index is 12.8. The first kappa shape index (κ1) is 15.1. The molecule has 0 aromatic heterocycles. The zero-order valence-electron chi connectivity index (χ0n) is 11.1. The van der Waals surface area contributed by atoms with Crippen LogP contribution in [0.1, 0.15) is 19.4 Å². The minimum absolute atomic E-state index is 0.0744. The first-order valence-corrected chi connectivity index (χ1v) is 6.25. The van der Waals surface area contributed by atoms with Gasteiger partial charge in [0.25, 0.3) is 0 Å². The van der Waals surface area contributed by atoms with Gasteiger partial charge in [0, 0.05) is 13.1 Å². The van der Waals surface area contributed by atoms with Gasteiger partial charge < -0.3 is 10.0 Å². The molecular weight excluding hydrogens is 249 g/mol. The number of hydrogen-bond donors (Lipinski definition) is 1. The van der Waals surface area contributed by atoms with Gasteiger partial charge >= 0.3 is 5.97 Å². The van der Waals surface area contributed by atoms with Crippen molar-refractivity contribution in [2.24, 2.45) is 5.92 Å². The van der Waals surface area contributed by atoms with Crippen LogP contribution in [0.3, 0.4) is 0 Å². The molecular formula is C14H18FNO3. The van der Waals surface area contributed by atoms with E-state index in [0.29, 0.717) is 18.7 Å². The van der Waals surface area contributed by atoms with E-state index in [1.165, 1.54) is 29.2 Å². The minimum Gasteiger partial charge on any atom is -0.481 e. The number of carboxylic acid groups (broad SMARTS) is 1. The van der Waals surface area contributed by atoms with E-state index in [-0.39, 0.29) is 12.2 Å². The van der Waals surface area contributed by atoms with Gasteiger partial charge in [-0.1, -0.05) is 12.1 Å². The Labute approximate surface area is 111 Å². The second-order valence-electron chi connectivity index (χ2n) is 4.23. The lowest BCUT2D eigenvalue weighted by Gasteiger charge is -2.22. The summed E-state index contributed by atoms with van der Waals surface area (Å²) < 4.78 is 12.8. The van der Waals surface area contributed by atoms with E-state index >= 15 is 0 Å². The van der Waals surface area contributed by atoms with Crippen LogP contribution in [0.2, 0.25) is 0 Å². The fraction of sp³-hybridized carbons (Fsp3) is 0.429. The van der Waals surface area contributed by atoms with Gasteiger partial charge in [-0.05, 0) is 38.0 Å². The molecule has 1 atom stereocenters. The van der Waals surface area contributed by atoms with E-state index in [1.807, 2.05) is 0 Å². The summed E-state index contributed by atoms with van der Waals surface area (Å²) in [5, 5.41) is 9.18. The van der Waals surface area contributed by atoms with Crippen LogP contribution in [-0.4, -0.2) is 35.0 Å². The summed E-state index contributed by atoms with van der Waals surface area (Å²) in [7, 11) is 0. The zero-order chi connectivity index (χ0) is 14.4. The van der Waals surface area contributed by atoms with Crippen molar-refractivity contribution in [3.8, 4) is 0 Å². The van der Waals surface area contributed by atoms with E-state index in [1.54, 1.807) is 13.8 Å². The lowest BCUT2D eigenvalue weighted by atomic mass is 9.98. The summed E-state index contributed by atoms with van der Waals surface area (Å²) in [5.74, 6) is -3.06. The molecule has 0 fully saturated rings. The molecule has 0 saturated carbocycles. The van der Waals surface area contributed by atoms with Gasteiger partial charge in [-0.3, -0.25) is 9.59 Å². The minimum atomic E-state index is -1.15. The van der Waals surface area contributed by atoms with Crippen LogP contribution in [0, 0.1) is 11.7 Å². The van der Waals surface area contributed by atoms with Gasteiger partial charge in [0.05, 0.1) is 0 Å². The molecule has 1 aromatic rings. The highest BCUT2D eigenvalue weighted by Crippen LogP contribution is 2.13. The van der Waals surface area contributed by atoms with Crippen LogP contribution >= 0.6 is 0 Å². The predicted octanol–water partition coefficient (Wildman–Crippen LogP) is 1.94. The summed E-state index contributed by atoms with van der Waals surface area (Å²) in [6, 6.07) is 5.52. The lowest BCUT2D eigenvalue weighted by Crippen LogP contribution is -2.40. The van der Waals surface area contributed by atoms with Crippen molar-refractivity contribution in [1.29, 1.82) is 0 Å². The van der Waals surface area contributed by atoms with Gasteiger partial charge in [0.1, 0.15) is 11.7 Å². The average molecular weight is 267 g/mol. The Morgan fingerprint density at radius 3 is 2.16 bits per heavy atom. The third kappa shape index (κ3) is 4.05. The maximum Gasteiger partial charge on any atom is 0.316 e. The van der Waals surface area contributed by atoms with Gasteiger partial charge in [0.15, 0.2) is 0 Å². The fourth-order valence-corrected chi connectivity index (χ4v) is 1.89. The maximum atomic E-state index is 12.8. The molecule has 1 N–H and O–H groups in total. The van der Waals surface area contributed by atoms with E-state index in [0.717, 1.165) is 0 Å². The van der Waals surface area contributed by atoms with Crippen molar-refractivity contribution in [1.82, 2.24) is 4.90 Å². The standard InChI is InChI=1S/C14H18FNO3/c1-3-16(4-2)13(17)12(14(18)19)9-10-5-7-11(15)8-6-10/h5-8,12H,3-4,9H2,1-2H3,(H,18,19). The highest BCUT2D eigenvalue weighted by atomic mass is 19.1. The largest absolute Gasteiger partial charge is 0.481 e. The number of hydrogen-bond acceptors (Lipinski definition) is 2. The zero-order valence-corrected chi connectivity index (χ0v) is 11.1. The van der Waals surface area contributed by atoms with Crippen molar-refractivity contribution in [2.75, 3.05) is 13.1 Å². The molecule has 0 aliphatic carbocycles. The summed E-state index contributed by atoms with van der Waals surface area (Å²) in [6.45, 7) is 4.56. The van der Waals surface area contributed by atoms with E-state index in [9.17, 15) is 19.1 Å². The number of carbonyl (C=O) groups excluding carboxylic acids is 1. The normalized spacial score (nSPS) is 11.9. The Morgan fingerprint density at radius 1 is 1.21 bits per heavy atom. The van der Waals surface area contributed by atoms with Crippen molar-refractivity contribution < 1.29 is 19.1 Å². The number of aliphatic carboxylic acids is 1. The van der Waals surface area contributed by atoms with Crippen molar-refractivity contribution in [3.05, 3.63) is 35.6 Å². The summed E-state index contributed by atoms with van der Waals surface area (Å²) in [5.41, 5.74) is 0.634. The Bertz CT molecular complexity index is 441. The average Bonchev–Trinajstić information content (AvgIpc) is 2.38. The molecule has 1 aromatic carbocycles. The number of benzene rings is 1. The molecule has 0 saturated heterocycles. The fourth-order valence-electron chi connectivity index (χ4n) is 1.89. The Kier molecular flexibility index (Phi) is 5.48. The van der Waals surface area contributed by atoms with Gasteiger partial charge in [0.2, 0.25) is 5.91 Å². The highest BCUT2D eigenvalue weighted by Gasteiger charge is 2.29. The van der Waals surface area contributed by atoms with Crippen LogP contribution in [0.15, 0.2) is 24.3 Å². The molecule has 1 unspecified atom stereocenters. The van der Waals surface area contributed by atoms with Crippen LogP contribution < -0.4 is 0 Å². The smallest absolute Gasteiger partial charge is 0.316 e. The number of carbonyl (C=O) groups is 2. The first-order valence-electron chi connectivity index (χ1n) is 6.25. The summed E-state index contributed by atoms with van der Waals surface area (Å²) in [6.07, 6.45) is 0.0744. The molecule has 1 rings (SSSR count). The second-order valence-corrected chi connectivity index (χ2v) is 4.23. The van der Waals surface area contributed by atoms with Gasteiger partial charge in [-0.25, -0.2) is 4.39 Å². The van der Waals surface area contributed by atoms with Crippen molar-refractivity contribution >= 4 is 11.9 Å². The Morgan fingerprint density at radius 2 is 1.74 bits per heavy atom. The molecule has 0 radical (unpaired) electrons. The number of rotatable bonds is 6. The van der Waals surface area contributed by atoms with E-state index in [2.05, 4.69) is 0 Å². The molecule has 0 aliphatic heterocycles. The third-order valence-electron chi connectivity index (χ3n) is 3.02. The van der Waals surface area contributed by atoms with Crippen LogP contribution in [0.25, 0.3) is 0 Å². The van der Waals surface area contributed by atoms with Crippen LogP contribution in [-0.2, 0) is 16.0 Å². The third-order valence-corrected chi connectivity index (χ3v) is 3.02. The molecule has 0 heterocycles. The van der Waals surface area contributed by atoms with Crippen molar-refractivity contribution in [2.45, 2.75) is 20.3 Å². The van der Waals surface area contributed by atoms with Gasteiger partial charge in [-0.15, -0.1) is 0 Å². The van der Waals surface area contributed by atoms with Crippen LogP contribution in [0.4, 0.5) is 4.39 Å². The lowest BCUT2D eigenvalue weighted by molar-refractivity contribution is -0.150. The number of nitrogens with zero attached hydrogens (tertiary/aromatic N) is 1. The molecule has 0 bridgehead atoms. The molecule has 19 heavy (non-hydrogen) atoms. The summed E-state index contributed by atoms with van der Waals surface area (Å²) >= 11 is 0. The number of amides is 1. The van der Waals surface area contributed by atoms with E-state index in [4.69, 9.17) is 0 Å². The number of halogens is 1. The quantitative estimate of drug-likeness (QED) is 0.801. The van der Waals surface area contributed by atoms with Gasteiger partial charge in [-0.2, -0.15) is 0 Å². The monoisotopic (exact) mass is 267 g/mol. The molecule has 0 aliphatic rings. The SMILES string of the molecule is CCN(CC)C(=O)C(Cc1ccc(F)cc1)C(=O)O. The van der Waals surface area contributed by atoms with E-state index < -0.39 is 17.8 Å². The highest BCUT2D eigenvalue weighted by molar-refractivity contribution is 5.97. The molecule has 4 nitrogen and oxygen atoms in total. The predicted molar refractivity (Wildman–Crippen MR) is 69.2 cm³/mol. The Hall–Kier alpha value is -1.91. The summed E-state index contributed by atoms with van der Waals surface area (Å²) in [4.78, 5) is 24.8. The molecule has 0 spiro atoms. The van der Waals surface area contributed by atoms with Crippen molar-refractivity contribution in [3.63, 3.8) is 0 Å². The molecule has 5 heteroatoms. The first-order chi connectivity index (χ1) is 8.99. The topological polar surface area (TPSA) is 57.6 Å².